The zero-order chi connectivity index (χ0) is 30.2. The van der Waals surface area contributed by atoms with Gasteiger partial charge < -0.3 is 4.90 Å². The fraction of sp³-hybridized carbons (Fsp3) is 0.241. The van der Waals surface area contributed by atoms with Crippen molar-refractivity contribution in [2.75, 3.05) is 11.9 Å². The first kappa shape index (κ1) is 28.5. The Hall–Kier alpha value is -4.62. The average molecular weight is 619 g/mol. The van der Waals surface area contributed by atoms with Crippen molar-refractivity contribution in [3.05, 3.63) is 70.8 Å². The largest absolute Gasteiger partial charge is 0.326 e. The number of hydrogen-bond acceptors (Lipinski definition) is 9. The summed E-state index contributed by atoms with van der Waals surface area (Å²) in [6, 6.07) is 7.71. The molecule has 1 N–H and O–H groups in total. The second-order valence-electron chi connectivity index (χ2n) is 10.1. The maximum Gasteiger partial charge on any atom is 0.249 e. The van der Waals surface area contributed by atoms with Crippen molar-refractivity contribution in [3.8, 4) is 21.7 Å². The van der Waals surface area contributed by atoms with E-state index in [0.717, 1.165) is 16.0 Å². The van der Waals surface area contributed by atoms with E-state index in [1.54, 1.807) is 43.6 Å². The summed E-state index contributed by atoms with van der Waals surface area (Å²) >= 11 is 7.61. The highest BCUT2D eigenvalue weighted by Gasteiger charge is 2.40. The summed E-state index contributed by atoms with van der Waals surface area (Å²) in [5.74, 6) is -0.754. The van der Waals surface area contributed by atoms with Crippen LogP contribution < -0.4 is 5.32 Å². The van der Waals surface area contributed by atoms with E-state index in [2.05, 4.69) is 30.4 Å². The van der Waals surface area contributed by atoms with Crippen LogP contribution in [0.2, 0.25) is 5.02 Å². The van der Waals surface area contributed by atoms with Crippen LogP contribution in [-0.4, -0.2) is 71.0 Å². The number of fused-ring (bicyclic) bond motifs is 1. The number of ketones is 1. The molecular weight excluding hydrogens is 595 g/mol. The van der Waals surface area contributed by atoms with E-state index in [1.807, 2.05) is 11.4 Å². The molecule has 1 aromatic carbocycles. The van der Waals surface area contributed by atoms with Crippen molar-refractivity contribution in [2.24, 2.45) is 0 Å². The van der Waals surface area contributed by atoms with Crippen LogP contribution >= 0.6 is 22.9 Å². The van der Waals surface area contributed by atoms with E-state index < -0.39 is 24.0 Å². The number of nitrogens with one attached hydrogen (secondary N) is 1. The van der Waals surface area contributed by atoms with E-state index in [4.69, 9.17) is 11.6 Å². The lowest BCUT2D eigenvalue weighted by Crippen LogP contribution is -2.44. The topological polar surface area (TPSA) is 136 Å². The predicted octanol–water partition coefficient (Wildman–Crippen LogP) is 4.75. The number of anilines is 1. The fourth-order valence-electron chi connectivity index (χ4n) is 5.02. The highest BCUT2D eigenvalue weighted by molar-refractivity contribution is 7.14. The summed E-state index contributed by atoms with van der Waals surface area (Å²) in [5, 5.41) is 9.92. The predicted molar refractivity (Wildman–Crippen MR) is 159 cm³/mol. The first-order valence-electron chi connectivity index (χ1n) is 13.3. The van der Waals surface area contributed by atoms with Crippen LogP contribution in [0.15, 0.2) is 54.3 Å². The Kier molecular flexibility index (Phi) is 7.67. The van der Waals surface area contributed by atoms with E-state index in [1.165, 1.54) is 34.0 Å². The van der Waals surface area contributed by atoms with E-state index >= 15 is 0 Å². The number of carbonyl (C=O) groups is 3. The van der Waals surface area contributed by atoms with Gasteiger partial charge in [0.25, 0.3) is 0 Å². The van der Waals surface area contributed by atoms with Crippen LogP contribution in [0.3, 0.4) is 0 Å². The molecule has 11 nitrogen and oxygen atoms in total. The fourth-order valence-corrected chi connectivity index (χ4v) is 6.15. The maximum atomic E-state index is 14.6. The molecule has 1 aliphatic rings. The molecule has 1 fully saturated rings. The van der Waals surface area contributed by atoms with Gasteiger partial charge in [-0.25, -0.2) is 24.3 Å². The number of amides is 2. The number of nitrogens with zero attached hydrogens (tertiary/aromatic N) is 7. The molecule has 1 aliphatic heterocycles. The van der Waals surface area contributed by atoms with Crippen molar-refractivity contribution in [1.29, 1.82) is 0 Å². The second kappa shape index (κ2) is 11.6. The highest BCUT2D eigenvalue weighted by Crippen LogP contribution is 2.32. The number of thiophene rings is 1. The Bertz CT molecular complexity index is 1880. The average Bonchev–Trinajstić information content (AvgIpc) is 3.70. The lowest BCUT2D eigenvalue weighted by atomic mass is 10.0. The minimum Gasteiger partial charge on any atom is -0.326 e. The Balaban J connectivity index is 1.23. The standard InChI is InChI=1S/C29H24ClFN8O3S/c1-15(40)26-20-9-17(18-11-33-16(2)34-12-18)3-4-23(20)39(37-26)14-25(41)38-13-19(31)10-24(38)28(42)36-29-32-7-5-22(35-29)27-21(30)6-8-43-27/h3-9,11-12,19,24H,10,13-14H2,1-2H3,(H,32,35,36,42)/t19-,24+/m1/s1. The molecule has 5 heterocycles. The molecule has 0 radical (unpaired) electrons. The van der Waals surface area contributed by atoms with Crippen LogP contribution in [0.25, 0.3) is 32.6 Å². The summed E-state index contributed by atoms with van der Waals surface area (Å²) in [5.41, 5.74) is 2.81. The molecule has 0 bridgehead atoms. The summed E-state index contributed by atoms with van der Waals surface area (Å²) in [6.07, 6.45) is 3.30. The van der Waals surface area contributed by atoms with Gasteiger partial charge in [0, 0.05) is 42.9 Å². The monoisotopic (exact) mass is 618 g/mol. The number of likely N-dealkylation sites (tertiary alicyclic amines) is 1. The van der Waals surface area contributed by atoms with Crippen molar-refractivity contribution in [2.45, 2.75) is 39.0 Å². The van der Waals surface area contributed by atoms with Crippen LogP contribution in [0.1, 0.15) is 29.7 Å². The third-order valence-electron chi connectivity index (χ3n) is 7.10. The zero-order valence-corrected chi connectivity index (χ0v) is 24.6. The van der Waals surface area contributed by atoms with Gasteiger partial charge in [0.2, 0.25) is 17.8 Å². The van der Waals surface area contributed by atoms with Crippen LogP contribution in [-0.2, 0) is 16.1 Å². The van der Waals surface area contributed by atoms with Crippen molar-refractivity contribution >= 4 is 57.4 Å². The number of Topliss-reactive ketones (excluding diaryl/α,β-unsaturated/α-hetero) is 1. The molecule has 2 atom stereocenters. The van der Waals surface area contributed by atoms with E-state index in [9.17, 15) is 18.8 Å². The van der Waals surface area contributed by atoms with Crippen molar-refractivity contribution in [1.82, 2.24) is 34.6 Å². The molecule has 0 aliphatic carbocycles. The number of halogens is 2. The summed E-state index contributed by atoms with van der Waals surface area (Å²) < 4.78 is 16.0. The van der Waals surface area contributed by atoms with Crippen molar-refractivity contribution < 1.29 is 18.8 Å². The normalized spacial score (nSPS) is 16.5. The van der Waals surface area contributed by atoms with Gasteiger partial charge in [-0.05, 0) is 42.1 Å². The Morgan fingerprint density at radius 3 is 2.63 bits per heavy atom. The molecule has 43 heavy (non-hydrogen) atoms. The molecule has 1 saturated heterocycles. The van der Waals surface area contributed by atoms with Gasteiger partial charge in [0.1, 0.15) is 30.3 Å². The van der Waals surface area contributed by atoms with Crippen LogP contribution in [0.4, 0.5) is 10.3 Å². The smallest absolute Gasteiger partial charge is 0.249 e. The number of benzene rings is 1. The SMILES string of the molecule is CC(=O)c1nn(CC(=O)N2C[C@H](F)C[C@H]2C(=O)Nc2nccc(-c3sccc3Cl)n2)c2ccc(-c3cnc(C)nc3)cc12. The third-order valence-corrected chi connectivity index (χ3v) is 8.46. The molecule has 14 heteroatoms. The van der Waals surface area contributed by atoms with Gasteiger partial charge in [0.15, 0.2) is 5.78 Å². The first-order chi connectivity index (χ1) is 20.7. The number of alkyl halides is 1. The molecule has 5 aromatic rings. The maximum absolute atomic E-state index is 14.6. The summed E-state index contributed by atoms with van der Waals surface area (Å²) in [7, 11) is 0. The molecule has 218 valence electrons. The number of carbonyl (C=O) groups excluding carboxylic acids is 3. The lowest BCUT2D eigenvalue weighted by molar-refractivity contribution is -0.137. The van der Waals surface area contributed by atoms with Gasteiger partial charge in [0.05, 0.1) is 27.7 Å². The second-order valence-corrected chi connectivity index (χ2v) is 11.4. The zero-order valence-electron chi connectivity index (χ0n) is 23.0. The molecule has 4 aromatic heterocycles. The molecule has 0 spiro atoms. The number of aryl methyl sites for hydroxylation is 1. The van der Waals surface area contributed by atoms with Crippen LogP contribution in [0, 0.1) is 6.92 Å². The van der Waals surface area contributed by atoms with E-state index in [0.29, 0.717) is 27.4 Å². The number of hydrogen-bond donors (Lipinski definition) is 1. The van der Waals surface area contributed by atoms with Gasteiger partial charge >= 0.3 is 0 Å². The third kappa shape index (κ3) is 5.73. The van der Waals surface area contributed by atoms with Crippen LogP contribution in [0.5, 0.6) is 0 Å². The van der Waals surface area contributed by atoms with Crippen molar-refractivity contribution in [3.63, 3.8) is 0 Å². The summed E-state index contributed by atoms with van der Waals surface area (Å²) in [4.78, 5) is 58.0. The molecule has 2 amide bonds. The molecule has 0 unspecified atom stereocenters. The Labute approximate surface area is 253 Å². The summed E-state index contributed by atoms with van der Waals surface area (Å²) in [6.45, 7) is 2.64. The minimum absolute atomic E-state index is 0.0145. The van der Waals surface area contributed by atoms with Gasteiger partial charge in [-0.1, -0.05) is 17.7 Å². The highest BCUT2D eigenvalue weighted by atomic mass is 35.5. The molecular formula is C29H24ClFN8O3S. The minimum atomic E-state index is -1.39. The molecule has 0 saturated carbocycles. The van der Waals surface area contributed by atoms with Gasteiger partial charge in [-0.2, -0.15) is 5.10 Å². The first-order valence-corrected chi connectivity index (χ1v) is 14.5. The van der Waals surface area contributed by atoms with Gasteiger partial charge in [-0.15, -0.1) is 11.3 Å². The number of rotatable bonds is 7. The lowest BCUT2D eigenvalue weighted by Gasteiger charge is -2.23. The quantitative estimate of drug-likeness (QED) is 0.258. The molecule has 6 rings (SSSR count). The Morgan fingerprint density at radius 1 is 1.12 bits per heavy atom. The van der Waals surface area contributed by atoms with Gasteiger partial charge in [-0.3, -0.25) is 24.4 Å². The Morgan fingerprint density at radius 2 is 1.91 bits per heavy atom. The van der Waals surface area contributed by atoms with E-state index in [-0.39, 0.29) is 36.9 Å². The number of aromatic nitrogens is 6.